The lowest BCUT2D eigenvalue weighted by Gasteiger charge is -1.66. The zero-order valence-electron chi connectivity index (χ0n) is 4.77. The number of nitrogens with zero attached hydrogens (tertiary/aromatic N) is 1. The first-order valence-corrected chi connectivity index (χ1v) is 3.13. The van der Waals surface area contributed by atoms with E-state index in [9.17, 15) is 0 Å². The van der Waals surface area contributed by atoms with Crippen LogP contribution in [0.5, 0.6) is 0 Å². The van der Waals surface area contributed by atoms with Crippen LogP contribution in [0.15, 0.2) is 0 Å². The van der Waals surface area contributed by atoms with E-state index in [0.29, 0.717) is 0 Å². The first-order valence-electron chi connectivity index (χ1n) is 2.31. The van der Waals surface area contributed by atoms with Crippen LogP contribution < -0.4 is 9.88 Å². The monoisotopic (exact) mass is 125 g/mol. The molecule has 0 aliphatic heterocycles. The van der Waals surface area contributed by atoms with Crippen LogP contribution in [0, 0.1) is 6.92 Å². The van der Waals surface area contributed by atoms with Crippen molar-refractivity contribution in [2.45, 2.75) is 6.92 Å². The lowest BCUT2D eigenvalue weighted by Crippen LogP contribution is -2.15. The Morgan fingerprint density at radius 3 is 2.25 bits per heavy atom. The van der Waals surface area contributed by atoms with E-state index in [2.05, 4.69) is 18.1 Å². The first kappa shape index (κ1) is 5.51. The number of thiazole rings is 1. The molecule has 8 heavy (non-hydrogen) atoms. The highest BCUT2D eigenvalue weighted by Crippen LogP contribution is 1.87. The van der Waals surface area contributed by atoms with E-state index < -0.39 is 0 Å². The third-order valence-corrected chi connectivity index (χ3v) is 1.75. The van der Waals surface area contributed by atoms with Crippen LogP contribution in [0.2, 0.25) is 0 Å². The summed E-state index contributed by atoms with van der Waals surface area (Å²) in [6, 6.07) is 0. The fourth-order valence-electron chi connectivity index (χ4n) is 0.512. The van der Waals surface area contributed by atoms with Crippen molar-refractivity contribution >= 4 is 24.5 Å². The highest BCUT2D eigenvalue weighted by Gasteiger charge is 1.85. The SMILES string of the molecule is C=c1nc(C)sc1=C. The van der Waals surface area contributed by atoms with Crippen molar-refractivity contribution in [2.75, 3.05) is 0 Å². The Morgan fingerprint density at radius 2 is 2.12 bits per heavy atom. The second kappa shape index (κ2) is 1.71. The molecule has 1 aromatic rings. The maximum absolute atomic E-state index is 4.06. The molecule has 2 heteroatoms. The van der Waals surface area contributed by atoms with Gasteiger partial charge in [0.1, 0.15) is 0 Å². The van der Waals surface area contributed by atoms with Crippen molar-refractivity contribution in [1.82, 2.24) is 4.98 Å². The summed E-state index contributed by atoms with van der Waals surface area (Å²) in [4.78, 5) is 4.06. The average Bonchev–Trinajstić information content (AvgIpc) is 1.85. The molecule has 0 atom stereocenters. The van der Waals surface area contributed by atoms with Gasteiger partial charge in [-0.15, -0.1) is 11.3 Å². The van der Waals surface area contributed by atoms with Crippen molar-refractivity contribution in [2.24, 2.45) is 0 Å². The van der Waals surface area contributed by atoms with Gasteiger partial charge in [0, 0.05) is 4.53 Å². The topological polar surface area (TPSA) is 12.9 Å². The number of aromatic nitrogens is 1. The molecule has 0 saturated heterocycles. The predicted octanol–water partition coefficient (Wildman–Crippen LogP) is 0.272. The van der Waals surface area contributed by atoms with Crippen LogP contribution in [0.1, 0.15) is 5.01 Å². The van der Waals surface area contributed by atoms with E-state index in [-0.39, 0.29) is 0 Å². The van der Waals surface area contributed by atoms with Crippen LogP contribution >= 0.6 is 11.3 Å². The van der Waals surface area contributed by atoms with Crippen molar-refractivity contribution in [1.29, 1.82) is 0 Å². The second-order valence-corrected chi connectivity index (χ2v) is 2.89. The molecule has 0 aliphatic carbocycles. The van der Waals surface area contributed by atoms with Gasteiger partial charge in [-0.25, -0.2) is 4.98 Å². The van der Waals surface area contributed by atoms with Crippen LogP contribution in [-0.4, -0.2) is 4.98 Å². The summed E-state index contributed by atoms with van der Waals surface area (Å²) in [5.41, 5.74) is 0. The molecule has 1 aromatic heterocycles. The molecule has 0 amide bonds. The maximum Gasteiger partial charge on any atom is 0.0907 e. The van der Waals surface area contributed by atoms with Crippen LogP contribution in [0.25, 0.3) is 13.2 Å². The quantitative estimate of drug-likeness (QED) is 0.485. The van der Waals surface area contributed by atoms with Crippen LogP contribution in [0.3, 0.4) is 0 Å². The molecule has 0 N–H and O–H groups in total. The number of hydrogen-bond donors (Lipinski definition) is 0. The lowest BCUT2D eigenvalue weighted by atomic mass is 10.7. The Hall–Kier alpha value is -0.630. The Labute approximate surface area is 52.0 Å². The fraction of sp³-hybridized carbons (Fsp3) is 0.167. The van der Waals surface area contributed by atoms with E-state index in [1.54, 1.807) is 11.3 Å². The van der Waals surface area contributed by atoms with Gasteiger partial charge in [0.25, 0.3) is 0 Å². The van der Waals surface area contributed by atoms with Crippen molar-refractivity contribution in [3.05, 3.63) is 14.9 Å². The molecular formula is C6H7NS. The standard InChI is InChI=1S/C6H7NS/c1-4-5(2)8-6(3)7-4/h1-2H2,3H3. The number of aryl methyl sites for hydroxylation is 1. The third kappa shape index (κ3) is 0.793. The van der Waals surface area contributed by atoms with Gasteiger partial charge in [-0.2, -0.15) is 0 Å². The zero-order chi connectivity index (χ0) is 6.15. The molecule has 0 aromatic carbocycles. The van der Waals surface area contributed by atoms with Gasteiger partial charge in [0.05, 0.1) is 10.4 Å². The Bertz CT molecular complexity index is 246. The molecule has 1 heterocycles. The van der Waals surface area contributed by atoms with E-state index >= 15 is 0 Å². The fourth-order valence-corrected chi connectivity index (χ4v) is 1.19. The molecule has 0 bridgehead atoms. The summed E-state index contributed by atoms with van der Waals surface area (Å²) >= 11 is 1.58. The van der Waals surface area contributed by atoms with Crippen LogP contribution in [0.4, 0.5) is 0 Å². The van der Waals surface area contributed by atoms with Crippen molar-refractivity contribution < 1.29 is 0 Å². The molecule has 0 saturated carbocycles. The Morgan fingerprint density at radius 1 is 1.50 bits per heavy atom. The molecule has 1 nitrogen and oxygen atoms in total. The highest BCUT2D eigenvalue weighted by molar-refractivity contribution is 7.09. The molecule has 0 fully saturated rings. The van der Waals surface area contributed by atoms with Gasteiger partial charge in [-0.3, -0.25) is 0 Å². The summed E-state index contributed by atoms with van der Waals surface area (Å²) < 4.78 is 0.975. The number of hydrogen-bond acceptors (Lipinski definition) is 2. The smallest absolute Gasteiger partial charge is 0.0907 e. The lowest BCUT2D eigenvalue weighted by molar-refractivity contribution is 1.24. The van der Waals surface area contributed by atoms with Gasteiger partial charge in [0.15, 0.2) is 0 Å². The second-order valence-electron chi connectivity index (χ2n) is 1.60. The Balaban J connectivity index is 3.59. The molecule has 0 spiro atoms. The van der Waals surface area contributed by atoms with Crippen molar-refractivity contribution in [3.63, 3.8) is 0 Å². The maximum atomic E-state index is 4.06. The zero-order valence-corrected chi connectivity index (χ0v) is 5.59. The van der Waals surface area contributed by atoms with E-state index in [1.807, 2.05) is 6.92 Å². The average molecular weight is 125 g/mol. The van der Waals surface area contributed by atoms with E-state index in [0.717, 1.165) is 14.9 Å². The third-order valence-electron chi connectivity index (χ3n) is 0.885. The van der Waals surface area contributed by atoms with Crippen LogP contribution in [-0.2, 0) is 0 Å². The summed E-state index contributed by atoms with van der Waals surface area (Å²) in [6.45, 7) is 9.36. The van der Waals surface area contributed by atoms with E-state index in [1.165, 1.54) is 0 Å². The normalized spacial score (nSPS) is 9.62. The molecule has 0 radical (unpaired) electrons. The molecule has 42 valence electrons. The predicted molar refractivity (Wildman–Crippen MR) is 37.1 cm³/mol. The molecule has 1 rings (SSSR count). The number of rotatable bonds is 0. The minimum Gasteiger partial charge on any atom is -0.242 e. The van der Waals surface area contributed by atoms with Gasteiger partial charge in [-0.05, 0) is 6.92 Å². The molecule has 0 unspecified atom stereocenters. The van der Waals surface area contributed by atoms with E-state index in [4.69, 9.17) is 0 Å². The minimum absolute atomic E-state index is 0.813. The van der Waals surface area contributed by atoms with Gasteiger partial charge < -0.3 is 0 Å². The Kier molecular flexibility index (Phi) is 1.18. The van der Waals surface area contributed by atoms with Gasteiger partial charge in [0.2, 0.25) is 0 Å². The highest BCUT2D eigenvalue weighted by atomic mass is 32.1. The summed E-state index contributed by atoms with van der Waals surface area (Å²) in [7, 11) is 0. The summed E-state index contributed by atoms with van der Waals surface area (Å²) in [5, 5.41) is 1.85. The molecule has 0 aliphatic rings. The summed E-state index contributed by atoms with van der Waals surface area (Å²) in [6.07, 6.45) is 0. The molecular weight excluding hydrogens is 118 g/mol. The first-order chi connectivity index (χ1) is 3.70. The van der Waals surface area contributed by atoms with Crippen molar-refractivity contribution in [3.8, 4) is 0 Å². The van der Waals surface area contributed by atoms with Gasteiger partial charge >= 0.3 is 0 Å². The van der Waals surface area contributed by atoms with Gasteiger partial charge in [-0.1, -0.05) is 13.2 Å². The minimum atomic E-state index is 0.813. The summed E-state index contributed by atoms with van der Waals surface area (Å²) in [5.74, 6) is 0. The largest absolute Gasteiger partial charge is 0.242 e.